The first kappa shape index (κ1) is 27.7. The third-order valence-electron chi connectivity index (χ3n) is 6.35. The molecule has 1 aliphatic rings. The normalized spacial score (nSPS) is 14.9. The van der Waals surface area contributed by atoms with Gasteiger partial charge in [0.2, 0.25) is 11.8 Å². The number of nitrogens with zero attached hydrogens (tertiary/aromatic N) is 1. The Kier molecular flexibility index (Phi) is 11.1. The van der Waals surface area contributed by atoms with E-state index in [4.69, 9.17) is 27.9 Å². The summed E-state index contributed by atoms with van der Waals surface area (Å²) in [6.45, 7) is 2.20. The molecule has 1 atom stereocenters. The zero-order chi connectivity index (χ0) is 25.2. The Balaban J connectivity index is 1.71. The summed E-state index contributed by atoms with van der Waals surface area (Å²) < 4.78 is 5.21. The summed E-state index contributed by atoms with van der Waals surface area (Å²) in [6.07, 6.45) is 6.00. The molecule has 0 unspecified atom stereocenters. The van der Waals surface area contributed by atoms with Crippen LogP contribution in [0.15, 0.2) is 42.5 Å². The van der Waals surface area contributed by atoms with Crippen molar-refractivity contribution in [2.24, 2.45) is 0 Å². The lowest BCUT2D eigenvalue weighted by Crippen LogP contribution is -2.52. The molecular weight excluding hydrogens is 503 g/mol. The van der Waals surface area contributed by atoms with Crippen LogP contribution < -0.4 is 10.1 Å². The van der Waals surface area contributed by atoms with E-state index in [-0.39, 0.29) is 30.2 Å². The summed E-state index contributed by atoms with van der Waals surface area (Å²) in [5.41, 5.74) is 1.88. The van der Waals surface area contributed by atoms with Crippen LogP contribution in [-0.4, -0.2) is 41.7 Å². The average molecular weight is 538 g/mol. The summed E-state index contributed by atoms with van der Waals surface area (Å²) in [4.78, 5) is 28.4. The van der Waals surface area contributed by atoms with Crippen molar-refractivity contribution in [3.05, 3.63) is 63.6 Å². The highest BCUT2D eigenvalue weighted by Crippen LogP contribution is 2.25. The van der Waals surface area contributed by atoms with Crippen LogP contribution in [0.2, 0.25) is 10.0 Å². The number of methoxy groups -OCH3 is 1. The van der Waals surface area contributed by atoms with Crippen molar-refractivity contribution >= 4 is 46.8 Å². The fourth-order valence-electron chi connectivity index (χ4n) is 4.36. The second-order valence-corrected chi connectivity index (χ2v) is 10.7. The molecule has 0 aromatic heterocycles. The van der Waals surface area contributed by atoms with E-state index in [1.165, 1.54) is 18.2 Å². The predicted octanol–water partition coefficient (Wildman–Crippen LogP) is 6.49. The first-order chi connectivity index (χ1) is 16.9. The van der Waals surface area contributed by atoms with Gasteiger partial charge in [0, 0.05) is 28.4 Å². The van der Waals surface area contributed by atoms with E-state index >= 15 is 0 Å². The molecule has 0 aliphatic heterocycles. The number of benzene rings is 2. The molecule has 0 spiro atoms. The zero-order valence-corrected chi connectivity index (χ0v) is 22.7. The van der Waals surface area contributed by atoms with E-state index in [2.05, 4.69) is 5.32 Å². The van der Waals surface area contributed by atoms with Crippen molar-refractivity contribution in [1.82, 2.24) is 10.2 Å². The van der Waals surface area contributed by atoms with Crippen molar-refractivity contribution in [2.45, 2.75) is 69.8 Å². The van der Waals surface area contributed by atoms with Gasteiger partial charge in [-0.05, 0) is 54.7 Å². The van der Waals surface area contributed by atoms with Crippen LogP contribution in [0.5, 0.6) is 5.75 Å². The van der Waals surface area contributed by atoms with E-state index in [0.29, 0.717) is 22.2 Å². The van der Waals surface area contributed by atoms with Crippen LogP contribution in [0.25, 0.3) is 0 Å². The van der Waals surface area contributed by atoms with Gasteiger partial charge in [0.05, 0.1) is 12.9 Å². The summed E-state index contributed by atoms with van der Waals surface area (Å²) in [5, 5.41) is 4.23. The topological polar surface area (TPSA) is 58.6 Å². The van der Waals surface area contributed by atoms with Crippen molar-refractivity contribution in [1.29, 1.82) is 0 Å². The van der Waals surface area contributed by atoms with Crippen LogP contribution >= 0.6 is 35.0 Å². The number of nitrogens with one attached hydrogen (secondary N) is 1. The Labute approximate surface area is 222 Å². The van der Waals surface area contributed by atoms with Gasteiger partial charge in [-0.15, -0.1) is 11.8 Å². The third-order valence-corrected chi connectivity index (χ3v) is 7.92. The zero-order valence-electron chi connectivity index (χ0n) is 20.4. The largest absolute Gasteiger partial charge is 0.497 e. The van der Waals surface area contributed by atoms with E-state index in [9.17, 15) is 9.59 Å². The number of hydrogen-bond acceptors (Lipinski definition) is 4. The fourth-order valence-corrected chi connectivity index (χ4v) is 5.70. The van der Waals surface area contributed by atoms with Gasteiger partial charge in [-0.3, -0.25) is 9.59 Å². The summed E-state index contributed by atoms with van der Waals surface area (Å²) in [5.74, 6) is 1.59. The number of thioether (sulfide) groups is 1. The number of ether oxygens (including phenoxy) is 1. The predicted molar refractivity (Wildman–Crippen MR) is 145 cm³/mol. The van der Waals surface area contributed by atoms with Crippen LogP contribution in [0, 0.1) is 0 Å². The monoisotopic (exact) mass is 536 g/mol. The number of rotatable bonds is 11. The summed E-state index contributed by atoms with van der Waals surface area (Å²) in [6, 6.07) is 12.7. The minimum absolute atomic E-state index is 0.0832. The Morgan fingerprint density at radius 2 is 1.83 bits per heavy atom. The molecule has 1 saturated carbocycles. The Morgan fingerprint density at radius 1 is 1.11 bits per heavy atom. The maximum absolute atomic E-state index is 13.4. The van der Waals surface area contributed by atoms with Gasteiger partial charge >= 0.3 is 0 Å². The molecule has 35 heavy (non-hydrogen) atoms. The van der Waals surface area contributed by atoms with Crippen molar-refractivity contribution in [2.75, 3.05) is 12.9 Å². The summed E-state index contributed by atoms with van der Waals surface area (Å²) >= 11 is 14.0. The Bertz CT molecular complexity index is 981. The van der Waals surface area contributed by atoms with E-state index in [1.807, 2.05) is 37.3 Å². The van der Waals surface area contributed by atoms with Gasteiger partial charge in [-0.1, -0.05) is 67.6 Å². The maximum atomic E-state index is 13.4. The van der Waals surface area contributed by atoms with Gasteiger partial charge < -0.3 is 15.0 Å². The van der Waals surface area contributed by atoms with Gasteiger partial charge in [0.15, 0.2) is 0 Å². The molecule has 8 heteroatoms. The number of amides is 2. The molecule has 1 fully saturated rings. The molecule has 3 rings (SSSR count). The highest BCUT2D eigenvalue weighted by Gasteiger charge is 2.30. The smallest absolute Gasteiger partial charge is 0.243 e. The SMILES string of the molecule is CC[C@H](C(=O)NC1CCCCC1)N(Cc1ccc(Cl)cc1Cl)C(=O)CSCc1ccc(OC)cc1. The molecule has 1 N–H and O–H groups in total. The number of carbonyl (C=O) groups is 2. The summed E-state index contributed by atoms with van der Waals surface area (Å²) in [7, 11) is 1.64. The number of halogens is 2. The van der Waals surface area contributed by atoms with E-state index in [0.717, 1.165) is 42.6 Å². The third kappa shape index (κ3) is 8.33. The first-order valence-corrected chi connectivity index (χ1v) is 14.1. The molecule has 5 nitrogen and oxygen atoms in total. The standard InChI is InChI=1S/C27H34Cl2N2O3S/c1-3-25(27(33)30-22-7-5-4-6-8-22)31(16-20-11-12-21(28)15-24(20)29)26(32)18-35-17-19-9-13-23(34-2)14-10-19/h9-15,22,25H,3-8,16-18H2,1-2H3,(H,30,33)/t25-/m1/s1. The second-order valence-electron chi connectivity index (χ2n) is 8.87. The molecule has 0 radical (unpaired) electrons. The molecule has 0 saturated heterocycles. The molecule has 1 aliphatic carbocycles. The van der Waals surface area contributed by atoms with E-state index in [1.54, 1.807) is 24.1 Å². The molecule has 2 aromatic rings. The average Bonchev–Trinajstić information content (AvgIpc) is 2.86. The van der Waals surface area contributed by atoms with Gasteiger partial charge in [0.1, 0.15) is 11.8 Å². The highest BCUT2D eigenvalue weighted by atomic mass is 35.5. The lowest BCUT2D eigenvalue weighted by molar-refractivity contribution is -0.139. The van der Waals surface area contributed by atoms with Crippen LogP contribution in [0.1, 0.15) is 56.6 Å². The Hall–Kier alpha value is -1.89. The second kappa shape index (κ2) is 14.0. The minimum Gasteiger partial charge on any atom is -0.497 e. The van der Waals surface area contributed by atoms with Crippen molar-refractivity contribution in [3.63, 3.8) is 0 Å². The first-order valence-electron chi connectivity index (χ1n) is 12.2. The maximum Gasteiger partial charge on any atom is 0.243 e. The minimum atomic E-state index is -0.558. The molecule has 2 aromatic carbocycles. The number of carbonyl (C=O) groups excluding carboxylic acids is 2. The quantitative estimate of drug-likeness (QED) is 0.356. The van der Waals surface area contributed by atoms with Crippen molar-refractivity contribution in [3.8, 4) is 5.75 Å². The Morgan fingerprint density at radius 3 is 2.46 bits per heavy atom. The van der Waals surface area contributed by atoms with Crippen LogP contribution in [-0.2, 0) is 21.9 Å². The highest BCUT2D eigenvalue weighted by molar-refractivity contribution is 7.99. The van der Waals surface area contributed by atoms with E-state index < -0.39 is 6.04 Å². The lowest BCUT2D eigenvalue weighted by Gasteiger charge is -2.33. The number of hydrogen-bond donors (Lipinski definition) is 1. The van der Waals surface area contributed by atoms with Gasteiger partial charge in [-0.25, -0.2) is 0 Å². The van der Waals surface area contributed by atoms with Gasteiger partial charge in [-0.2, -0.15) is 0 Å². The molecular formula is C27H34Cl2N2O3S. The molecule has 0 heterocycles. The molecule has 190 valence electrons. The van der Waals surface area contributed by atoms with Crippen molar-refractivity contribution < 1.29 is 14.3 Å². The van der Waals surface area contributed by atoms with Gasteiger partial charge in [0.25, 0.3) is 0 Å². The molecule has 2 amide bonds. The lowest BCUT2D eigenvalue weighted by atomic mass is 9.95. The van der Waals surface area contributed by atoms with Crippen LogP contribution in [0.4, 0.5) is 0 Å². The molecule has 0 bridgehead atoms. The van der Waals surface area contributed by atoms with Crippen LogP contribution in [0.3, 0.4) is 0 Å². The fraction of sp³-hybridized carbons (Fsp3) is 0.481.